The van der Waals surface area contributed by atoms with Gasteiger partial charge in [-0.2, -0.15) is 0 Å². The van der Waals surface area contributed by atoms with Gasteiger partial charge in [-0.25, -0.2) is 9.79 Å². The standard InChI is InChI=1S/C4H4ClNO3/c5-4-6-2(1-9-4)3(7)8/h2H,1H2,(H,7,8). The minimum Gasteiger partial charge on any atom is -0.480 e. The molecule has 1 rings (SSSR count). The molecule has 5 heteroatoms. The topological polar surface area (TPSA) is 58.9 Å². The molecule has 9 heavy (non-hydrogen) atoms. The number of aliphatic imine (C=N–C) groups is 1. The molecule has 0 spiro atoms. The van der Waals surface area contributed by atoms with Gasteiger partial charge in [-0.05, 0) is 11.6 Å². The molecule has 0 aromatic rings. The summed E-state index contributed by atoms with van der Waals surface area (Å²) in [6.07, 6.45) is 0. The van der Waals surface area contributed by atoms with Crippen LogP contribution in [0, 0.1) is 0 Å². The lowest BCUT2D eigenvalue weighted by Gasteiger charge is -1.93. The third-order valence-corrected chi connectivity index (χ3v) is 1.11. The van der Waals surface area contributed by atoms with E-state index in [-0.39, 0.29) is 12.0 Å². The summed E-state index contributed by atoms with van der Waals surface area (Å²) in [4.78, 5) is 13.5. The first-order valence-electron chi connectivity index (χ1n) is 2.29. The van der Waals surface area contributed by atoms with Gasteiger partial charge in [0.05, 0.1) is 0 Å². The molecule has 1 N–H and O–H groups in total. The van der Waals surface area contributed by atoms with Crippen LogP contribution >= 0.6 is 11.6 Å². The van der Waals surface area contributed by atoms with E-state index in [0.29, 0.717) is 0 Å². The second-order valence-corrected chi connectivity index (χ2v) is 1.87. The van der Waals surface area contributed by atoms with Crippen LogP contribution in [0.15, 0.2) is 4.99 Å². The quantitative estimate of drug-likeness (QED) is 0.574. The van der Waals surface area contributed by atoms with Crippen LogP contribution < -0.4 is 0 Å². The molecule has 0 bridgehead atoms. The zero-order valence-corrected chi connectivity index (χ0v) is 5.13. The van der Waals surface area contributed by atoms with Crippen molar-refractivity contribution in [2.24, 2.45) is 4.99 Å². The Morgan fingerprint density at radius 2 is 2.67 bits per heavy atom. The van der Waals surface area contributed by atoms with Gasteiger partial charge in [0.25, 0.3) is 5.36 Å². The van der Waals surface area contributed by atoms with Crippen LogP contribution in [-0.2, 0) is 9.53 Å². The van der Waals surface area contributed by atoms with Crippen molar-refractivity contribution in [2.75, 3.05) is 6.61 Å². The van der Waals surface area contributed by atoms with Crippen LogP contribution in [0.3, 0.4) is 0 Å². The lowest BCUT2D eigenvalue weighted by atomic mass is 10.3. The number of carboxylic acids is 1. The van der Waals surface area contributed by atoms with E-state index in [1.54, 1.807) is 0 Å². The van der Waals surface area contributed by atoms with Gasteiger partial charge in [0.1, 0.15) is 6.61 Å². The van der Waals surface area contributed by atoms with E-state index in [4.69, 9.17) is 16.7 Å². The summed E-state index contributed by atoms with van der Waals surface area (Å²) < 4.78 is 4.56. The Morgan fingerprint density at radius 3 is 2.89 bits per heavy atom. The second-order valence-electron chi connectivity index (χ2n) is 1.55. The smallest absolute Gasteiger partial charge is 0.332 e. The average molecular weight is 150 g/mol. The molecule has 1 aliphatic heterocycles. The van der Waals surface area contributed by atoms with E-state index in [1.165, 1.54) is 0 Å². The highest BCUT2D eigenvalue weighted by molar-refractivity contribution is 6.63. The van der Waals surface area contributed by atoms with Crippen molar-refractivity contribution in [1.82, 2.24) is 0 Å². The van der Waals surface area contributed by atoms with Gasteiger partial charge in [-0.15, -0.1) is 0 Å². The first-order chi connectivity index (χ1) is 4.20. The van der Waals surface area contributed by atoms with E-state index in [2.05, 4.69) is 9.73 Å². The summed E-state index contributed by atoms with van der Waals surface area (Å²) in [5.74, 6) is -1.01. The number of carboxylic acid groups (broad SMARTS) is 1. The highest BCUT2D eigenvalue weighted by Crippen LogP contribution is 2.06. The number of nitrogens with zero attached hydrogens (tertiary/aromatic N) is 1. The van der Waals surface area contributed by atoms with E-state index in [9.17, 15) is 4.79 Å². The first kappa shape index (κ1) is 6.35. The van der Waals surface area contributed by atoms with Gasteiger partial charge in [-0.1, -0.05) is 0 Å². The van der Waals surface area contributed by atoms with E-state index >= 15 is 0 Å². The van der Waals surface area contributed by atoms with Crippen molar-refractivity contribution >= 4 is 22.9 Å². The number of ether oxygens (including phenoxy) is 1. The molecule has 0 saturated carbocycles. The molecule has 0 fully saturated rings. The van der Waals surface area contributed by atoms with E-state index in [0.717, 1.165) is 0 Å². The predicted octanol–water partition coefficient (Wildman–Crippen LogP) is 0.0646. The van der Waals surface area contributed by atoms with Crippen molar-refractivity contribution < 1.29 is 14.6 Å². The molecule has 1 unspecified atom stereocenters. The monoisotopic (exact) mass is 149 g/mol. The molecule has 4 nitrogen and oxygen atoms in total. The number of hydrogen-bond donors (Lipinski definition) is 1. The average Bonchev–Trinajstić information content (AvgIpc) is 2.14. The van der Waals surface area contributed by atoms with Crippen molar-refractivity contribution in [1.29, 1.82) is 0 Å². The Hall–Kier alpha value is -0.770. The number of aliphatic carboxylic acids is 1. The number of rotatable bonds is 1. The van der Waals surface area contributed by atoms with Crippen molar-refractivity contribution in [3.05, 3.63) is 0 Å². The summed E-state index contributed by atoms with van der Waals surface area (Å²) in [7, 11) is 0. The summed E-state index contributed by atoms with van der Waals surface area (Å²) in [6, 6.07) is -0.808. The van der Waals surface area contributed by atoms with Gasteiger partial charge < -0.3 is 9.84 Å². The molecule has 1 atom stereocenters. The summed E-state index contributed by atoms with van der Waals surface area (Å²) in [5, 5.41) is 8.22. The van der Waals surface area contributed by atoms with E-state index in [1.807, 2.05) is 0 Å². The predicted molar refractivity (Wildman–Crippen MR) is 30.7 cm³/mol. The number of hydrogen-bond acceptors (Lipinski definition) is 3. The molecule has 0 aromatic carbocycles. The van der Waals surface area contributed by atoms with Crippen LogP contribution in [0.1, 0.15) is 0 Å². The van der Waals surface area contributed by atoms with Gasteiger partial charge in [0.2, 0.25) is 0 Å². The minimum atomic E-state index is -1.01. The third kappa shape index (κ3) is 1.32. The Kier molecular flexibility index (Phi) is 1.57. The maximum Gasteiger partial charge on any atom is 0.332 e. The molecular weight excluding hydrogens is 146 g/mol. The maximum absolute atomic E-state index is 10.1. The maximum atomic E-state index is 10.1. The molecule has 0 saturated heterocycles. The molecular formula is C4H4ClNO3. The first-order valence-corrected chi connectivity index (χ1v) is 2.67. The molecule has 0 radical (unpaired) electrons. The molecule has 0 aromatic heterocycles. The van der Waals surface area contributed by atoms with Gasteiger partial charge in [0.15, 0.2) is 6.04 Å². The fourth-order valence-corrected chi connectivity index (χ4v) is 0.652. The zero-order valence-electron chi connectivity index (χ0n) is 4.37. The van der Waals surface area contributed by atoms with Crippen molar-refractivity contribution in [2.45, 2.75) is 6.04 Å². The van der Waals surface area contributed by atoms with Crippen LogP contribution in [0.5, 0.6) is 0 Å². The third-order valence-electron chi connectivity index (χ3n) is 0.903. The normalized spacial score (nSPS) is 25.0. The highest BCUT2D eigenvalue weighted by atomic mass is 35.5. The van der Waals surface area contributed by atoms with Gasteiger partial charge in [-0.3, -0.25) is 0 Å². The van der Waals surface area contributed by atoms with Gasteiger partial charge >= 0.3 is 5.97 Å². The second kappa shape index (κ2) is 2.23. The van der Waals surface area contributed by atoms with Crippen molar-refractivity contribution in [3.63, 3.8) is 0 Å². The van der Waals surface area contributed by atoms with Crippen LogP contribution in [-0.4, -0.2) is 29.1 Å². The SMILES string of the molecule is O=C(O)C1COC(Cl)=N1. The van der Waals surface area contributed by atoms with Crippen molar-refractivity contribution in [3.8, 4) is 0 Å². The summed E-state index contributed by atoms with van der Waals surface area (Å²) >= 11 is 5.22. The van der Waals surface area contributed by atoms with Gasteiger partial charge in [0, 0.05) is 0 Å². The minimum absolute atomic E-state index is 0.0498. The Labute approximate surface area is 56.1 Å². The fraction of sp³-hybridized carbons (Fsp3) is 0.500. The Balaban J connectivity index is 2.57. The van der Waals surface area contributed by atoms with Crippen LogP contribution in [0.2, 0.25) is 0 Å². The molecule has 1 aliphatic rings. The number of carbonyl (C=O) groups is 1. The molecule has 1 heterocycles. The highest BCUT2D eigenvalue weighted by Gasteiger charge is 2.23. The molecule has 0 amide bonds. The zero-order chi connectivity index (χ0) is 6.85. The fourth-order valence-electron chi connectivity index (χ4n) is 0.471. The van der Waals surface area contributed by atoms with Crippen LogP contribution in [0.25, 0.3) is 0 Å². The van der Waals surface area contributed by atoms with E-state index < -0.39 is 12.0 Å². The molecule has 0 aliphatic carbocycles. The summed E-state index contributed by atoms with van der Waals surface area (Å²) in [5.41, 5.74) is 0. The Bertz CT molecular complexity index is 167. The largest absolute Gasteiger partial charge is 0.480 e. The number of halogens is 1. The molecule has 50 valence electrons. The van der Waals surface area contributed by atoms with Crippen LogP contribution in [0.4, 0.5) is 0 Å². The lowest BCUT2D eigenvalue weighted by molar-refractivity contribution is -0.138. The Morgan fingerprint density at radius 1 is 2.00 bits per heavy atom. The summed E-state index contributed by atoms with van der Waals surface area (Å²) in [6.45, 7) is 0.0498. The lowest BCUT2D eigenvalue weighted by Crippen LogP contribution is -2.18.